The molecule has 0 aliphatic rings. The van der Waals surface area contributed by atoms with Gasteiger partial charge >= 0.3 is 0 Å². The lowest BCUT2D eigenvalue weighted by molar-refractivity contribution is 0.0992. The summed E-state index contributed by atoms with van der Waals surface area (Å²) in [6.45, 7) is 6.90. The van der Waals surface area contributed by atoms with Crippen LogP contribution < -0.4 is 10.1 Å². The van der Waals surface area contributed by atoms with Gasteiger partial charge in [0.25, 0.3) is 5.91 Å². The number of hydrogen-bond donors (Lipinski definition) is 1. The van der Waals surface area contributed by atoms with E-state index in [0.717, 1.165) is 22.4 Å². The van der Waals surface area contributed by atoms with E-state index >= 15 is 0 Å². The van der Waals surface area contributed by atoms with Gasteiger partial charge in [-0.05, 0) is 65.5 Å². The molecule has 6 nitrogen and oxygen atoms in total. The monoisotopic (exact) mass is 493 g/mol. The van der Waals surface area contributed by atoms with Crippen LogP contribution >= 0.6 is 15.9 Å². The third-order valence-electron chi connectivity index (χ3n) is 5.07. The van der Waals surface area contributed by atoms with Crippen LogP contribution in [0.4, 0.5) is 5.82 Å². The number of aromatic nitrogens is 2. The van der Waals surface area contributed by atoms with Crippen LogP contribution in [-0.4, -0.2) is 15.7 Å². The summed E-state index contributed by atoms with van der Waals surface area (Å²) in [6.07, 6.45) is 1.83. The van der Waals surface area contributed by atoms with Crippen LogP contribution in [0.3, 0.4) is 0 Å². The van der Waals surface area contributed by atoms with Gasteiger partial charge in [-0.25, -0.2) is 0 Å². The molecule has 0 fully saturated rings. The molecule has 0 atom stereocenters. The predicted molar refractivity (Wildman–Crippen MR) is 127 cm³/mol. The molecule has 0 aliphatic heterocycles. The number of carbonyl (C=O) groups excluding carboxylic acids is 1. The molecule has 32 heavy (non-hydrogen) atoms. The summed E-state index contributed by atoms with van der Waals surface area (Å²) in [7, 11) is 0. The van der Waals surface area contributed by atoms with Crippen LogP contribution in [0.25, 0.3) is 0 Å². The highest BCUT2D eigenvalue weighted by Gasteiger charge is 2.16. The maximum absolute atomic E-state index is 12.7. The number of rotatable bonds is 7. The number of para-hydroxylation sites is 1. The van der Waals surface area contributed by atoms with E-state index in [1.165, 1.54) is 5.56 Å². The second kappa shape index (κ2) is 9.44. The van der Waals surface area contributed by atoms with Crippen molar-refractivity contribution in [1.29, 1.82) is 0 Å². The molecule has 2 aromatic carbocycles. The molecule has 4 rings (SSSR count). The molecule has 0 aliphatic carbocycles. The third kappa shape index (κ3) is 5.11. The molecule has 0 radical (unpaired) electrons. The van der Waals surface area contributed by atoms with Crippen LogP contribution in [-0.2, 0) is 13.2 Å². The quantitative estimate of drug-likeness (QED) is 0.340. The molecule has 1 amide bonds. The molecule has 1 N–H and O–H groups in total. The highest BCUT2D eigenvalue weighted by molar-refractivity contribution is 9.10. The highest BCUT2D eigenvalue weighted by Crippen LogP contribution is 2.25. The van der Waals surface area contributed by atoms with E-state index in [1.54, 1.807) is 16.8 Å². The molecular formula is C25H24BrN3O3. The Hall–Kier alpha value is -3.32. The van der Waals surface area contributed by atoms with Crippen molar-refractivity contribution in [3.8, 4) is 5.75 Å². The molecule has 0 bridgehead atoms. The number of amides is 1. The minimum absolute atomic E-state index is 0.199. The van der Waals surface area contributed by atoms with Gasteiger partial charge < -0.3 is 14.5 Å². The minimum atomic E-state index is -0.371. The van der Waals surface area contributed by atoms with E-state index in [1.807, 2.05) is 38.2 Å². The van der Waals surface area contributed by atoms with E-state index in [9.17, 15) is 4.79 Å². The van der Waals surface area contributed by atoms with Crippen molar-refractivity contribution in [1.82, 2.24) is 9.78 Å². The van der Waals surface area contributed by atoms with Crippen LogP contribution in [0.1, 0.15) is 38.6 Å². The van der Waals surface area contributed by atoms with Crippen molar-refractivity contribution in [2.75, 3.05) is 5.32 Å². The van der Waals surface area contributed by atoms with Gasteiger partial charge in [0.05, 0.1) is 11.0 Å². The number of aryl methyl sites for hydroxylation is 3. The third-order valence-corrected chi connectivity index (χ3v) is 5.65. The van der Waals surface area contributed by atoms with Gasteiger partial charge in [-0.15, -0.1) is 0 Å². The van der Waals surface area contributed by atoms with Gasteiger partial charge in [-0.2, -0.15) is 5.10 Å². The fourth-order valence-corrected chi connectivity index (χ4v) is 3.77. The lowest BCUT2D eigenvalue weighted by atomic mass is 10.1. The largest absolute Gasteiger partial charge is 0.485 e. The van der Waals surface area contributed by atoms with Crippen molar-refractivity contribution in [3.05, 3.63) is 99.0 Å². The molecule has 4 aromatic rings. The maximum atomic E-state index is 12.7. The smallest absolute Gasteiger partial charge is 0.292 e. The Morgan fingerprint density at radius 3 is 2.50 bits per heavy atom. The number of carbonyl (C=O) groups is 1. The van der Waals surface area contributed by atoms with Gasteiger partial charge in [0.15, 0.2) is 11.6 Å². The molecule has 0 saturated carbocycles. The van der Waals surface area contributed by atoms with Crippen LogP contribution in [0, 0.1) is 20.8 Å². The number of ether oxygens (including phenoxy) is 1. The van der Waals surface area contributed by atoms with Crippen LogP contribution in [0.5, 0.6) is 5.75 Å². The zero-order valence-electron chi connectivity index (χ0n) is 18.2. The molecule has 7 heteroatoms. The summed E-state index contributed by atoms with van der Waals surface area (Å²) in [6, 6.07) is 17.6. The normalized spacial score (nSPS) is 10.9. The Kier molecular flexibility index (Phi) is 6.46. The molecule has 0 unspecified atom stereocenters. The molecule has 0 saturated heterocycles. The molecular weight excluding hydrogens is 470 g/mol. The second-order valence-electron chi connectivity index (χ2n) is 7.74. The first-order valence-corrected chi connectivity index (χ1v) is 11.1. The summed E-state index contributed by atoms with van der Waals surface area (Å²) < 4.78 is 14.1. The number of nitrogens with zero attached hydrogens (tertiary/aromatic N) is 2. The van der Waals surface area contributed by atoms with E-state index in [0.29, 0.717) is 22.6 Å². The average molecular weight is 494 g/mol. The lowest BCUT2D eigenvalue weighted by Gasteiger charge is -2.10. The van der Waals surface area contributed by atoms with Gasteiger partial charge in [-0.1, -0.05) is 48.0 Å². The molecule has 0 spiro atoms. The van der Waals surface area contributed by atoms with Crippen molar-refractivity contribution >= 4 is 27.7 Å². The Labute approximate surface area is 195 Å². The zero-order chi connectivity index (χ0) is 22.7. The first-order valence-electron chi connectivity index (χ1n) is 10.3. The number of furan rings is 1. The highest BCUT2D eigenvalue weighted by atomic mass is 79.9. The van der Waals surface area contributed by atoms with Crippen LogP contribution in [0.2, 0.25) is 0 Å². The summed E-state index contributed by atoms with van der Waals surface area (Å²) >= 11 is 3.46. The number of hydrogen-bond acceptors (Lipinski definition) is 4. The van der Waals surface area contributed by atoms with Gasteiger partial charge in [0.2, 0.25) is 0 Å². The Bertz CT molecular complexity index is 1220. The van der Waals surface area contributed by atoms with E-state index in [2.05, 4.69) is 57.5 Å². The van der Waals surface area contributed by atoms with Crippen molar-refractivity contribution in [3.63, 3.8) is 0 Å². The topological polar surface area (TPSA) is 69.3 Å². The predicted octanol–water partition coefficient (Wildman–Crippen LogP) is 6.04. The van der Waals surface area contributed by atoms with Gasteiger partial charge in [0, 0.05) is 6.20 Å². The van der Waals surface area contributed by atoms with E-state index in [4.69, 9.17) is 9.15 Å². The number of nitrogens with one attached hydrogen (secondary N) is 1. The SMILES string of the molecule is Cc1ccc(Cn2cc(Br)c(NC(=O)c3ccc(COc4c(C)cccc4C)o3)n2)cc1. The van der Waals surface area contributed by atoms with Gasteiger partial charge in [0.1, 0.15) is 18.1 Å². The summed E-state index contributed by atoms with van der Waals surface area (Å²) in [5.74, 6) is 1.67. The second-order valence-corrected chi connectivity index (χ2v) is 8.59. The number of anilines is 1. The fraction of sp³-hybridized carbons (Fsp3) is 0.200. The van der Waals surface area contributed by atoms with Crippen molar-refractivity contribution < 1.29 is 13.9 Å². The Morgan fingerprint density at radius 2 is 1.78 bits per heavy atom. The van der Waals surface area contributed by atoms with Crippen LogP contribution in [0.15, 0.2) is 69.7 Å². The number of halogens is 1. The Morgan fingerprint density at radius 1 is 1.06 bits per heavy atom. The first kappa shape index (κ1) is 21.9. The van der Waals surface area contributed by atoms with Crippen molar-refractivity contribution in [2.24, 2.45) is 0 Å². The molecule has 2 aromatic heterocycles. The number of benzene rings is 2. The zero-order valence-corrected chi connectivity index (χ0v) is 19.8. The van der Waals surface area contributed by atoms with E-state index in [-0.39, 0.29) is 18.3 Å². The summed E-state index contributed by atoms with van der Waals surface area (Å²) in [4.78, 5) is 12.7. The first-order chi connectivity index (χ1) is 15.4. The van der Waals surface area contributed by atoms with Crippen molar-refractivity contribution in [2.45, 2.75) is 33.9 Å². The summed E-state index contributed by atoms with van der Waals surface area (Å²) in [5, 5.41) is 7.26. The molecule has 164 valence electrons. The standard InChI is InChI=1S/C25H24BrN3O3/c1-16-7-9-19(10-8-16)13-29-14-21(26)24(28-29)27-25(30)22-12-11-20(32-22)15-31-23-17(2)5-4-6-18(23)3/h4-12,14H,13,15H2,1-3H3,(H,27,28,30). The van der Waals surface area contributed by atoms with Gasteiger partial charge in [-0.3, -0.25) is 9.48 Å². The summed E-state index contributed by atoms with van der Waals surface area (Å²) in [5.41, 5.74) is 4.45. The average Bonchev–Trinajstić information content (AvgIpc) is 3.36. The fourth-order valence-electron chi connectivity index (χ4n) is 3.36. The van der Waals surface area contributed by atoms with E-state index < -0.39 is 0 Å². The minimum Gasteiger partial charge on any atom is -0.485 e. The maximum Gasteiger partial charge on any atom is 0.292 e. The Balaban J connectivity index is 1.39. The molecule has 2 heterocycles. The lowest BCUT2D eigenvalue weighted by Crippen LogP contribution is -2.12.